The largest absolute Gasteiger partial charge is 0.493 e. The number of aliphatic carboxylic acids is 1. The molecule has 1 saturated carbocycles. The number of pyridine rings is 1. The molecule has 1 aromatic carbocycles. The number of carboxylic acid groups (broad SMARTS) is 1. The topological polar surface area (TPSA) is 130 Å². The number of carbonyl (C=O) groups is 2. The molecule has 0 atom stereocenters. The van der Waals surface area contributed by atoms with Crippen LogP contribution < -0.4 is 24.6 Å². The van der Waals surface area contributed by atoms with Crippen molar-refractivity contribution < 1.29 is 37.3 Å². The van der Waals surface area contributed by atoms with Gasteiger partial charge in [-0.3, -0.25) is 4.79 Å². The zero-order valence-electron chi connectivity index (χ0n) is 25.3. The average Bonchev–Trinajstić information content (AvgIpc) is 3.48. The van der Waals surface area contributed by atoms with Crippen molar-refractivity contribution in [2.45, 2.75) is 69.2 Å². The highest BCUT2D eigenvalue weighted by molar-refractivity contribution is 5.98. The van der Waals surface area contributed by atoms with E-state index in [0.717, 1.165) is 55.7 Å². The number of carbonyl (C=O) groups excluding carboxylic acids is 1. The second-order valence-corrected chi connectivity index (χ2v) is 11.9. The summed E-state index contributed by atoms with van der Waals surface area (Å²) in [5, 5.41) is 12.1. The highest BCUT2D eigenvalue weighted by atomic mass is 19.4. The number of piperidine rings is 1. The highest BCUT2D eigenvalue weighted by Crippen LogP contribution is 2.38. The number of halogens is 3. The quantitative estimate of drug-likeness (QED) is 0.341. The molecule has 2 aromatic heterocycles. The first-order valence-electron chi connectivity index (χ1n) is 15.4. The maximum Gasteiger partial charge on any atom is 0.434 e. The highest BCUT2D eigenvalue weighted by Gasteiger charge is 2.44. The van der Waals surface area contributed by atoms with Crippen LogP contribution in [0.2, 0.25) is 0 Å². The Kier molecular flexibility index (Phi) is 8.62. The summed E-state index contributed by atoms with van der Waals surface area (Å²) in [6, 6.07) is 9.17. The van der Waals surface area contributed by atoms with E-state index in [-0.39, 0.29) is 24.9 Å². The summed E-state index contributed by atoms with van der Waals surface area (Å²) < 4.78 is 54.3. The Balaban J connectivity index is 1.15. The van der Waals surface area contributed by atoms with Gasteiger partial charge in [0.1, 0.15) is 17.4 Å². The van der Waals surface area contributed by atoms with E-state index in [1.54, 1.807) is 30.3 Å². The molecule has 1 saturated heterocycles. The number of nitrogens with one attached hydrogen (secondary N) is 1. The van der Waals surface area contributed by atoms with Gasteiger partial charge in [-0.1, -0.05) is 19.3 Å². The number of rotatable bonds is 8. The number of aromatic nitrogens is 3. The molecular formula is C32H35F3N6O5. The maximum atomic E-state index is 14.2. The van der Waals surface area contributed by atoms with E-state index in [9.17, 15) is 27.9 Å². The Bertz CT molecular complexity index is 1610. The van der Waals surface area contributed by atoms with Crippen LogP contribution in [0, 0.1) is 0 Å². The van der Waals surface area contributed by atoms with Crippen molar-refractivity contribution >= 4 is 29.3 Å². The first kappa shape index (κ1) is 31.4. The van der Waals surface area contributed by atoms with Gasteiger partial charge < -0.3 is 29.7 Å². The standard InChI is InChI=1S/C32H35F3N6O5/c1-45-25-6-5-14-36-27(25)40-15-10-21(11-16-40)46-22-7-8-24-20(18-22)9-17-41(24)30-37-19-23(26(38-30)32(33,34)35)28(42)39-31(29(43)44)12-3-2-4-13-31/h5-8,14,18-19,21H,2-4,9-13,15-17H2,1H3,(H,39,42)(H,43,44). The lowest BCUT2D eigenvalue weighted by molar-refractivity contribution is -0.145. The van der Waals surface area contributed by atoms with Gasteiger partial charge in [0.15, 0.2) is 17.3 Å². The molecule has 3 aromatic rings. The summed E-state index contributed by atoms with van der Waals surface area (Å²) >= 11 is 0. The van der Waals surface area contributed by atoms with E-state index < -0.39 is 34.8 Å². The molecule has 2 N–H and O–H groups in total. The van der Waals surface area contributed by atoms with Crippen molar-refractivity contribution in [2.75, 3.05) is 36.5 Å². The maximum absolute atomic E-state index is 14.2. The number of amides is 1. The van der Waals surface area contributed by atoms with Gasteiger partial charge >= 0.3 is 12.1 Å². The van der Waals surface area contributed by atoms with Crippen LogP contribution >= 0.6 is 0 Å². The molecule has 14 heteroatoms. The van der Waals surface area contributed by atoms with E-state index in [2.05, 4.69) is 25.2 Å². The molecule has 4 heterocycles. The van der Waals surface area contributed by atoms with Gasteiger partial charge in [0.2, 0.25) is 5.95 Å². The monoisotopic (exact) mass is 640 g/mol. The summed E-state index contributed by atoms with van der Waals surface area (Å²) in [6.07, 6.45) is 1.89. The fourth-order valence-corrected chi connectivity index (χ4v) is 6.53. The van der Waals surface area contributed by atoms with Crippen molar-refractivity contribution in [1.29, 1.82) is 0 Å². The van der Waals surface area contributed by atoms with Gasteiger partial charge in [-0.2, -0.15) is 13.2 Å². The molecule has 2 aliphatic heterocycles. The molecule has 0 spiro atoms. The summed E-state index contributed by atoms with van der Waals surface area (Å²) in [5.41, 5.74) is -2.30. The molecule has 6 rings (SSSR count). The van der Waals surface area contributed by atoms with Crippen LogP contribution in [-0.4, -0.2) is 70.3 Å². The number of benzene rings is 1. The Labute approximate surface area is 263 Å². The predicted molar refractivity (Wildman–Crippen MR) is 162 cm³/mol. The SMILES string of the molecule is COc1cccnc1N1CCC(Oc2ccc3c(c2)CCN3c2ncc(C(=O)NC3(C(=O)O)CCCCC3)c(C(F)(F)F)n2)CC1. The Hall–Kier alpha value is -4.62. The smallest absolute Gasteiger partial charge is 0.434 e. The third-order valence-electron chi connectivity index (χ3n) is 8.96. The van der Waals surface area contributed by atoms with Crippen LogP contribution in [0.5, 0.6) is 11.5 Å². The lowest BCUT2D eigenvalue weighted by atomic mass is 9.81. The van der Waals surface area contributed by atoms with Gasteiger partial charge in [-0.25, -0.2) is 19.7 Å². The summed E-state index contributed by atoms with van der Waals surface area (Å²) in [7, 11) is 1.62. The molecule has 0 unspecified atom stereocenters. The number of carboxylic acids is 1. The Morgan fingerprint density at radius 1 is 1.07 bits per heavy atom. The number of hydrogen-bond donors (Lipinski definition) is 2. The van der Waals surface area contributed by atoms with E-state index >= 15 is 0 Å². The molecule has 11 nitrogen and oxygen atoms in total. The second kappa shape index (κ2) is 12.6. The lowest BCUT2D eigenvalue weighted by Gasteiger charge is -2.34. The predicted octanol–water partition coefficient (Wildman–Crippen LogP) is 5.16. The van der Waals surface area contributed by atoms with Crippen LogP contribution in [0.15, 0.2) is 42.7 Å². The zero-order valence-corrected chi connectivity index (χ0v) is 25.3. The Morgan fingerprint density at radius 3 is 2.52 bits per heavy atom. The molecule has 0 radical (unpaired) electrons. The minimum absolute atomic E-state index is 0.00763. The summed E-state index contributed by atoms with van der Waals surface area (Å²) in [5.74, 6) is -0.414. The van der Waals surface area contributed by atoms with Crippen LogP contribution in [0.3, 0.4) is 0 Å². The van der Waals surface area contributed by atoms with Crippen LogP contribution in [0.4, 0.5) is 30.6 Å². The molecule has 244 valence electrons. The van der Waals surface area contributed by atoms with E-state index in [0.29, 0.717) is 37.2 Å². The second-order valence-electron chi connectivity index (χ2n) is 11.9. The number of hydrogen-bond acceptors (Lipinski definition) is 9. The fraction of sp³-hybridized carbons (Fsp3) is 0.469. The molecule has 0 bridgehead atoms. The van der Waals surface area contributed by atoms with Crippen molar-refractivity contribution in [3.8, 4) is 11.5 Å². The number of fused-ring (bicyclic) bond motifs is 1. The first-order valence-corrected chi connectivity index (χ1v) is 15.4. The van der Waals surface area contributed by atoms with Crippen molar-refractivity contribution in [1.82, 2.24) is 20.3 Å². The van der Waals surface area contributed by atoms with Gasteiger partial charge in [-0.15, -0.1) is 0 Å². The third-order valence-corrected chi connectivity index (χ3v) is 8.96. The van der Waals surface area contributed by atoms with Gasteiger partial charge in [0.05, 0.1) is 12.7 Å². The van der Waals surface area contributed by atoms with E-state index in [1.165, 1.54) is 0 Å². The van der Waals surface area contributed by atoms with E-state index in [1.807, 2.05) is 18.2 Å². The molecule has 1 aliphatic carbocycles. The van der Waals surface area contributed by atoms with Gasteiger partial charge in [0.25, 0.3) is 5.91 Å². The summed E-state index contributed by atoms with van der Waals surface area (Å²) in [6.45, 7) is 1.84. The van der Waals surface area contributed by atoms with Crippen molar-refractivity contribution in [3.63, 3.8) is 0 Å². The normalized spacial score (nSPS) is 18.2. The number of nitrogens with zero attached hydrogens (tertiary/aromatic N) is 5. The van der Waals surface area contributed by atoms with Crippen LogP contribution in [0.25, 0.3) is 0 Å². The minimum Gasteiger partial charge on any atom is -0.493 e. The zero-order chi connectivity index (χ0) is 32.5. The minimum atomic E-state index is -4.97. The van der Waals surface area contributed by atoms with E-state index in [4.69, 9.17) is 9.47 Å². The molecular weight excluding hydrogens is 605 g/mol. The van der Waals surface area contributed by atoms with Gasteiger partial charge in [0, 0.05) is 50.6 Å². The van der Waals surface area contributed by atoms with Crippen LogP contribution in [-0.2, 0) is 17.4 Å². The van der Waals surface area contributed by atoms with Crippen LogP contribution in [0.1, 0.15) is 66.6 Å². The number of methoxy groups -OCH3 is 1. The lowest BCUT2D eigenvalue weighted by Crippen LogP contribution is -2.55. The molecule has 1 amide bonds. The number of alkyl halides is 3. The van der Waals surface area contributed by atoms with Crippen molar-refractivity contribution in [2.24, 2.45) is 0 Å². The number of anilines is 3. The molecule has 46 heavy (non-hydrogen) atoms. The van der Waals surface area contributed by atoms with Gasteiger partial charge in [-0.05, 0) is 55.2 Å². The Morgan fingerprint density at radius 2 is 1.83 bits per heavy atom. The number of ether oxygens (including phenoxy) is 2. The van der Waals surface area contributed by atoms with Crippen molar-refractivity contribution in [3.05, 3.63) is 59.5 Å². The summed E-state index contributed by atoms with van der Waals surface area (Å²) in [4.78, 5) is 41.2. The molecule has 2 fully saturated rings. The molecule has 3 aliphatic rings. The first-order chi connectivity index (χ1) is 22.1. The average molecular weight is 641 g/mol. The third kappa shape index (κ3) is 6.24. The fourth-order valence-electron chi connectivity index (χ4n) is 6.53.